The van der Waals surface area contributed by atoms with Crippen molar-refractivity contribution < 1.29 is 14.3 Å². The van der Waals surface area contributed by atoms with E-state index in [-0.39, 0.29) is 18.6 Å². The van der Waals surface area contributed by atoms with Crippen molar-refractivity contribution in [3.05, 3.63) is 66.0 Å². The Bertz CT molecular complexity index is 1170. The van der Waals surface area contributed by atoms with Gasteiger partial charge in [-0.1, -0.05) is 18.2 Å². The van der Waals surface area contributed by atoms with Gasteiger partial charge in [0.1, 0.15) is 17.2 Å². The van der Waals surface area contributed by atoms with Crippen molar-refractivity contribution >= 4 is 27.7 Å². The van der Waals surface area contributed by atoms with Gasteiger partial charge >= 0.3 is 0 Å². The molecule has 0 saturated heterocycles. The summed E-state index contributed by atoms with van der Waals surface area (Å²) in [6.07, 6.45) is 1.70. The van der Waals surface area contributed by atoms with Gasteiger partial charge in [-0.15, -0.1) is 0 Å². The molecule has 148 valence electrons. The fourth-order valence-corrected chi connectivity index (χ4v) is 3.44. The number of rotatable bonds is 6. The van der Waals surface area contributed by atoms with Crippen molar-refractivity contribution in [2.45, 2.75) is 26.5 Å². The van der Waals surface area contributed by atoms with E-state index in [0.717, 1.165) is 38.9 Å². The highest BCUT2D eigenvalue weighted by Crippen LogP contribution is 2.33. The second-order valence-electron chi connectivity index (χ2n) is 7.18. The highest BCUT2D eigenvalue weighted by Gasteiger charge is 2.20. The lowest BCUT2D eigenvalue weighted by molar-refractivity contribution is 0.0933. The maximum atomic E-state index is 12.7. The Labute approximate surface area is 168 Å². The third-order valence-electron chi connectivity index (χ3n) is 4.61. The van der Waals surface area contributed by atoms with Crippen LogP contribution in [0.15, 0.2) is 54.7 Å². The molecule has 6 nitrogen and oxygen atoms in total. The van der Waals surface area contributed by atoms with Crippen LogP contribution in [0.1, 0.15) is 29.9 Å². The zero-order valence-electron chi connectivity index (χ0n) is 16.7. The number of carbonyl (C=O) groups is 1. The molecule has 2 N–H and O–H groups in total. The van der Waals surface area contributed by atoms with Gasteiger partial charge in [0.15, 0.2) is 0 Å². The lowest BCUT2D eigenvalue weighted by Crippen LogP contribution is -2.31. The van der Waals surface area contributed by atoms with Crippen LogP contribution in [0, 0.1) is 0 Å². The maximum Gasteiger partial charge on any atom is 0.270 e. The van der Waals surface area contributed by atoms with Gasteiger partial charge in [0.2, 0.25) is 0 Å². The smallest absolute Gasteiger partial charge is 0.270 e. The number of H-pyrrole nitrogens is 1. The first-order valence-corrected chi connectivity index (χ1v) is 9.53. The quantitative estimate of drug-likeness (QED) is 0.497. The van der Waals surface area contributed by atoms with Crippen LogP contribution in [0.5, 0.6) is 11.5 Å². The van der Waals surface area contributed by atoms with Gasteiger partial charge in [0.05, 0.1) is 18.3 Å². The van der Waals surface area contributed by atoms with E-state index >= 15 is 0 Å². The van der Waals surface area contributed by atoms with E-state index in [1.807, 2.05) is 62.4 Å². The zero-order valence-corrected chi connectivity index (χ0v) is 16.7. The summed E-state index contributed by atoms with van der Waals surface area (Å²) in [5.41, 5.74) is 2.93. The molecule has 0 aliphatic carbocycles. The van der Waals surface area contributed by atoms with Crippen molar-refractivity contribution in [2.75, 3.05) is 7.11 Å². The molecule has 0 aliphatic rings. The van der Waals surface area contributed by atoms with E-state index in [0.29, 0.717) is 5.69 Å². The molecule has 0 saturated carbocycles. The van der Waals surface area contributed by atoms with Crippen LogP contribution in [-0.2, 0) is 11.3 Å². The number of pyridine rings is 1. The van der Waals surface area contributed by atoms with Crippen molar-refractivity contribution in [1.82, 2.24) is 15.3 Å². The first-order valence-electron chi connectivity index (χ1n) is 9.53. The molecule has 2 heterocycles. The molecule has 4 aromatic rings. The number of amides is 1. The van der Waals surface area contributed by atoms with Crippen molar-refractivity contribution in [2.24, 2.45) is 0 Å². The molecule has 0 bridgehead atoms. The van der Waals surface area contributed by atoms with E-state index in [9.17, 15) is 4.79 Å². The standard InChI is InChI=1S/C23H23N3O3/c1-14(2)25-23(27)22-18(13-28-3)21-17-11-16(29-15-7-5-4-6-8-15)9-10-19(17)26-20(21)12-24-22/h4-12,14,26H,13H2,1-3H3,(H,25,27). The van der Waals surface area contributed by atoms with E-state index in [1.165, 1.54) is 0 Å². The van der Waals surface area contributed by atoms with Crippen LogP contribution in [-0.4, -0.2) is 29.0 Å². The molecule has 6 heteroatoms. The van der Waals surface area contributed by atoms with E-state index in [2.05, 4.69) is 15.3 Å². The Morgan fingerprint density at radius 2 is 1.90 bits per heavy atom. The summed E-state index contributed by atoms with van der Waals surface area (Å²) in [6, 6.07) is 15.5. The first kappa shape index (κ1) is 19.0. The Kier molecular flexibility index (Phi) is 5.18. The Hall–Kier alpha value is -3.38. The van der Waals surface area contributed by atoms with Crippen LogP contribution in [0.4, 0.5) is 0 Å². The average molecular weight is 389 g/mol. The minimum absolute atomic E-state index is 0.0178. The molecular weight excluding hydrogens is 366 g/mol. The number of ether oxygens (including phenoxy) is 2. The molecule has 0 atom stereocenters. The monoisotopic (exact) mass is 389 g/mol. The van der Waals surface area contributed by atoms with Gasteiger partial charge < -0.3 is 19.8 Å². The number of fused-ring (bicyclic) bond motifs is 3. The summed E-state index contributed by atoms with van der Waals surface area (Å²) >= 11 is 0. The third-order valence-corrected chi connectivity index (χ3v) is 4.61. The van der Waals surface area contributed by atoms with Gasteiger partial charge in [-0.25, -0.2) is 4.98 Å². The fraction of sp³-hybridized carbons (Fsp3) is 0.217. The summed E-state index contributed by atoms with van der Waals surface area (Å²) in [7, 11) is 1.61. The summed E-state index contributed by atoms with van der Waals surface area (Å²) in [6.45, 7) is 4.12. The minimum atomic E-state index is -0.208. The summed E-state index contributed by atoms with van der Waals surface area (Å²) in [5.74, 6) is 1.28. The van der Waals surface area contributed by atoms with Gasteiger partial charge in [0.25, 0.3) is 5.91 Å². The predicted octanol–water partition coefficient (Wildman–Crippen LogP) is 4.79. The van der Waals surface area contributed by atoms with Crippen LogP contribution in [0.25, 0.3) is 21.8 Å². The lowest BCUT2D eigenvalue weighted by Gasteiger charge is -2.12. The molecule has 0 unspecified atom stereocenters. The molecule has 2 aromatic carbocycles. The van der Waals surface area contributed by atoms with Crippen molar-refractivity contribution in [1.29, 1.82) is 0 Å². The molecule has 29 heavy (non-hydrogen) atoms. The second-order valence-corrected chi connectivity index (χ2v) is 7.18. The molecule has 0 radical (unpaired) electrons. The van der Waals surface area contributed by atoms with Crippen molar-refractivity contribution in [3.63, 3.8) is 0 Å². The highest BCUT2D eigenvalue weighted by atomic mass is 16.5. The molecule has 2 aromatic heterocycles. The molecule has 0 fully saturated rings. The fourth-order valence-electron chi connectivity index (χ4n) is 3.44. The number of methoxy groups -OCH3 is 1. The normalized spacial score (nSPS) is 11.3. The van der Waals surface area contributed by atoms with Crippen LogP contribution in [0.3, 0.4) is 0 Å². The molecule has 0 aliphatic heterocycles. The van der Waals surface area contributed by atoms with Crippen LogP contribution >= 0.6 is 0 Å². The lowest BCUT2D eigenvalue weighted by atomic mass is 10.0. The largest absolute Gasteiger partial charge is 0.457 e. The number of carbonyl (C=O) groups excluding carboxylic acids is 1. The predicted molar refractivity (Wildman–Crippen MR) is 113 cm³/mol. The Morgan fingerprint density at radius 1 is 1.10 bits per heavy atom. The summed E-state index contributed by atoms with van der Waals surface area (Å²) in [5, 5.41) is 4.80. The highest BCUT2D eigenvalue weighted by molar-refractivity contribution is 6.12. The number of aromatic amines is 1. The number of para-hydroxylation sites is 1. The second kappa shape index (κ2) is 7.93. The van der Waals surface area contributed by atoms with Crippen LogP contribution in [0.2, 0.25) is 0 Å². The molecule has 1 amide bonds. The Balaban J connectivity index is 1.86. The van der Waals surface area contributed by atoms with E-state index in [4.69, 9.17) is 9.47 Å². The third kappa shape index (κ3) is 3.79. The van der Waals surface area contributed by atoms with Gasteiger partial charge in [-0.05, 0) is 44.2 Å². The number of hydrogen-bond acceptors (Lipinski definition) is 4. The molecule has 4 rings (SSSR count). The van der Waals surface area contributed by atoms with Crippen LogP contribution < -0.4 is 10.1 Å². The minimum Gasteiger partial charge on any atom is -0.457 e. The number of nitrogens with one attached hydrogen (secondary N) is 2. The first-order chi connectivity index (χ1) is 14.1. The van der Waals surface area contributed by atoms with Gasteiger partial charge in [0, 0.05) is 35.0 Å². The van der Waals surface area contributed by atoms with E-state index < -0.39 is 0 Å². The Morgan fingerprint density at radius 3 is 2.62 bits per heavy atom. The number of hydrogen-bond donors (Lipinski definition) is 2. The molecule has 0 spiro atoms. The van der Waals surface area contributed by atoms with Gasteiger partial charge in [-0.3, -0.25) is 4.79 Å². The topological polar surface area (TPSA) is 76.2 Å². The van der Waals surface area contributed by atoms with Gasteiger partial charge in [-0.2, -0.15) is 0 Å². The molecular formula is C23H23N3O3. The average Bonchev–Trinajstić information content (AvgIpc) is 3.07. The maximum absolute atomic E-state index is 12.7. The van der Waals surface area contributed by atoms with Crippen molar-refractivity contribution in [3.8, 4) is 11.5 Å². The SMILES string of the molecule is COCc1c(C(=O)NC(C)C)ncc2[nH]c3ccc(Oc4ccccc4)cc3c12. The number of nitrogens with zero attached hydrogens (tertiary/aromatic N) is 1. The number of aromatic nitrogens is 2. The summed E-state index contributed by atoms with van der Waals surface area (Å²) in [4.78, 5) is 20.5. The zero-order chi connectivity index (χ0) is 20.4. The number of benzene rings is 2. The van der Waals surface area contributed by atoms with E-state index in [1.54, 1.807) is 13.3 Å². The summed E-state index contributed by atoms with van der Waals surface area (Å²) < 4.78 is 11.4.